The maximum Gasteiger partial charge on any atom is 0.169 e. The van der Waals surface area contributed by atoms with E-state index in [1.54, 1.807) is 0 Å². The average molecular weight is 261 g/mol. The molecule has 2 rings (SSSR count). The summed E-state index contributed by atoms with van der Waals surface area (Å²) in [6.07, 6.45) is 6.38. The van der Waals surface area contributed by atoms with Crippen molar-refractivity contribution in [3.05, 3.63) is 34.8 Å². The van der Waals surface area contributed by atoms with Crippen molar-refractivity contribution < 1.29 is 8.91 Å². The normalized spacial score (nSPS) is 19.5. The first-order valence-corrected chi connectivity index (χ1v) is 7.47. The zero-order chi connectivity index (χ0) is 16.5. The maximum atomic E-state index is 12.8. The summed E-state index contributed by atoms with van der Waals surface area (Å²) in [6.45, 7) is 6.04. The third-order valence-electron chi connectivity index (χ3n) is 4.15. The average Bonchev–Trinajstić information content (AvgIpc) is 2.48. The van der Waals surface area contributed by atoms with E-state index in [-0.39, 0.29) is 23.9 Å². The molecule has 19 heavy (non-hydrogen) atoms. The van der Waals surface area contributed by atoms with Crippen molar-refractivity contribution in [2.24, 2.45) is 5.41 Å². The molecule has 0 aromatic heterocycles. The maximum absolute atomic E-state index is 12.8. The minimum absolute atomic E-state index is 0.0169. The Hall–Kier alpha value is -1.11. The van der Waals surface area contributed by atoms with Gasteiger partial charge in [-0.25, -0.2) is 0 Å². The van der Waals surface area contributed by atoms with Crippen LogP contribution in [-0.2, 0) is 12.8 Å². The van der Waals surface area contributed by atoms with E-state index in [2.05, 4.69) is 6.92 Å². The number of ketones is 1. The second kappa shape index (κ2) is 5.90. The number of unbranched alkanes of at least 4 members (excludes halogenated alkanes) is 3. The second-order valence-corrected chi connectivity index (χ2v) is 6.23. The Balaban J connectivity index is 2.48. The minimum Gasteiger partial charge on any atom is -0.294 e. The Kier molecular flexibility index (Phi) is 3.31. The molecule has 1 heteroatoms. The molecule has 0 spiro atoms. The first-order valence-electron chi connectivity index (χ1n) is 8.97. The van der Waals surface area contributed by atoms with Gasteiger partial charge in [0.25, 0.3) is 0 Å². The van der Waals surface area contributed by atoms with Gasteiger partial charge in [-0.15, -0.1) is 0 Å². The summed E-state index contributed by atoms with van der Waals surface area (Å²) in [5.41, 5.74) is 1.59. The zero-order valence-corrected chi connectivity index (χ0v) is 12.4. The van der Waals surface area contributed by atoms with E-state index >= 15 is 0 Å². The number of benzene rings is 1. The molecule has 0 saturated carbocycles. The highest BCUT2D eigenvalue weighted by atomic mass is 16.1. The highest BCUT2D eigenvalue weighted by molar-refractivity contribution is 6.03. The lowest BCUT2D eigenvalue weighted by Crippen LogP contribution is -2.31. The quantitative estimate of drug-likeness (QED) is 0.684. The molecule has 1 aromatic rings. The van der Waals surface area contributed by atoms with Gasteiger partial charge >= 0.3 is 0 Å². The van der Waals surface area contributed by atoms with Gasteiger partial charge in [0.2, 0.25) is 0 Å². The van der Waals surface area contributed by atoms with Crippen LogP contribution in [-0.4, -0.2) is 5.78 Å². The topological polar surface area (TPSA) is 17.1 Å². The fraction of sp³-hybridized carbons (Fsp3) is 0.611. The zero-order valence-electron chi connectivity index (χ0n) is 15.4. The van der Waals surface area contributed by atoms with Crippen LogP contribution in [0.2, 0.25) is 0 Å². The van der Waals surface area contributed by atoms with E-state index in [9.17, 15) is 4.79 Å². The number of fused-ring (bicyclic) bond motifs is 1. The van der Waals surface area contributed by atoms with Gasteiger partial charge in [-0.2, -0.15) is 0 Å². The molecule has 0 amide bonds. The van der Waals surface area contributed by atoms with E-state index < -0.39 is 5.41 Å². The second-order valence-electron chi connectivity index (χ2n) is 6.23. The summed E-state index contributed by atoms with van der Waals surface area (Å²) in [5, 5.41) is 0. The predicted molar refractivity (Wildman–Crippen MR) is 80.7 cm³/mol. The summed E-state index contributed by atoms with van der Waals surface area (Å²) >= 11 is 0. The lowest BCUT2D eigenvalue weighted by Gasteiger charge is -2.31. The van der Waals surface area contributed by atoms with Crippen LogP contribution < -0.4 is 0 Å². The van der Waals surface area contributed by atoms with Gasteiger partial charge in [0, 0.05) is 11.0 Å². The van der Waals surface area contributed by atoms with E-state index in [1.807, 2.05) is 13.8 Å². The Morgan fingerprint density at radius 2 is 2.05 bits per heavy atom. The third-order valence-corrected chi connectivity index (χ3v) is 4.15. The van der Waals surface area contributed by atoms with Gasteiger partial charge in [0.15, 0.2) is 5.78 Å². The van der Waals surface area contributed by atoms with Crippen LogP contribution in [0.5, 0.6) is 0 Å². The molecule has 0 saturated heterocycles. The molecule has 0 atom stereocenters. The number of rotatable bonds is 5. The minimum atomic E-state index is -0.423. The standard InChI is InChI=1S/C18H26O/c1-4-5-6-7-9-14-10-8-11-15-12-13-18(2,3)17(19)16(14)15/h8,10-11H,4-7,9,12-13H2,1-3H3/i8D,10D,11D. The van der Waals surface area contributed by atoms with Crippen LogP contribution in [0.25, 0.3) is 0 Å². The van der Waals surface area contributed by atoms with Crippen LogP contribution in [0.4, 0.5) is 0 Å². The Morgan fingerprint density at radius 1 is 1.26 bits per heavy atom. The lowest BCUT2D eigenvalue weighted by atomic mass is 9.71. The molecule has 1 nitrogen and oxygen atoms in total. The molecule has 0 radical (unpaired) electrons. The van der Waals surface area contributed by atoms with Crippen molar-refractivity contribution >= 4 is 5.78 Å². The van der Waals surface area contributed by atoms with Crippen LogP contribution in [0, 0.1) is 5.41 Å². The SMILES string of the molecule is [2H]c1c([2H])c(CCCCCC)c2c(c1[2H])CCC(C)(C)C2=O. The van der Waals surface area contributed by atoms with Gasteiger partial charge in [0.1, 0.15) is 0 Å². The highest BCUT2D eigenvalue weighted by Gasteiger charge is 2.35. The number of hydrogen-bond donors (Lipinski definition) is 0. The molecule has 0 bridgehead atoms. The van der Waals surface area contributed by atoms with E-state index in [0.29, 0.717) is 29.5 Å². The molecule has 1 aliphatic rings. The summed E-state index contributed by atoms with van der Waals surface area (Å²) in [6, 6.07) is 0.157. The van der Waals surface area contributed by atoms with E-state index in [0.717, 1.165) is 32.1 Å². The summed E-state index contributed by atoms with van der Waals surface area (Å²) < 4.78 is 24.3. The summed E-state index contributed by atoms with van der Waals surface area (Å²) in [5.74, 6) is 0.0567. The van der Waals surface area contributed by atoms with Crippen LogP contribution in [0.15, 0.2) is 18.1 Å². The highest BCUT2D eigenvalue weighted by Crippen LogP contribution is 2.36. The van der Waals surface area contributed by atoms with Crippen LogP contribution >= 0.6 is 0 Å². The first-order chi connectivity index (χ1) is 10.3. The smallest absolute Gasteiger partial charge is 0.169 e. The van der Waals surface area contributed by atoms with Crippen LogP contribution in [0.3, 0.4) is 0 Å². The number of carbonyl (C=O) groups excluding carboxylic acids is 1. The number of carbonyl (C=O) groups is 1. The molecule has 0 fully saturated rings. The number of hydrogen-bond acceptors (Lipinski definition) is 1. The molecule has 0 heterocycles. The molecule has 0 N–H and O–H groups in total. The van der Waals surface area contributed by atoms with E-state index in [1.165, 1.54) is 0 Å². The first kappa shape index (κ1) is 10.7. The van der Waals surface area contributed by atoms with Crippen molar-refractivity contribution in [2.75, 3.05) is 0 Å². The summed E-state index contributed by atoms with van der Waals surface area (Å²) in [7, 11) is 0. The van der Waals surface area contributed by atoms with Crippen molar-refractivity contribution in [1.29, 1.82) is 0 Å². The Morgan fingerprint density at radius 3 is 2.79 bits per heavy atom. The molecular weight excluding hydrogens is 232 g/mol. The molecule has 1 aromatic carbocycles. The molecular formula is C18H26O. The molecule has 0 aliphatic heterocycles. The third kappa shape index (κ3) is 3.08. The van der Waals surface area contributed by atoms with Crippen molar-refractivity contribution in [2.45, 2.75) is 65.7 Å². The van der Waals surface area contributed by atoms with Gasteiger partial charge in [-0.3, -0.25) is 4.79 Å². The number of Topliss-reactive ketones (excluding diaryl/α,β-unsaturated/α-hetero) is 1. The van der Waals surface area contributed by atoms with Crippen molar-refractivity contribution in [3.8, 4) is 0 Å². The monoisotopic (exact) mass is 261 g/mol. The molecule has 0 unspecified atom stereocenters. The molecule has 1 aliphatic carbocycles. The fourth-order valence-electron chi connectivity index (χ4n) is 2.76. The van der Waals surface area contributed by atoms with Gasteiger partial charge in [-0.05, 0) is 36.8 Å². The fourth-order valence-corrected chi connectivity index (χ4v) is 2.76. The Labute approximate surface area is 121 Å². The van der Waals surface area contributed by atoms with Crippen LogP contribution in [0.1, 0.15) is 78.5 Å². The van der Waals surface area contributed by atoms with Crippen molar-refractivity contribution in [1.82, 2.24) is 0 Å². The van der Waals surface area contributed by atoms with Gasteiger partial charge in [-0.1, -0.05) is 58.2 Å². The predicted octanol–water partition coefficient (Wildman–Crippen LogP) is 4.96. The van der Waals surface area contributed by atoms with Gasteiger partial charge in [0.05, 0.1) is 4.11 Å². The lowest BCUT2D eigenvalue weighted by molar-refractivity contribution is 0.0810. The summed E-state index contributed by atoms with van der Waals surface area (Å²) in [4.78, 5) is 12.8. The van der Waals surface area contributed by atoms with Crippen molar-refractivity contribution in [3.63, 3.8) is 0 Å². The Bertz CT molecular complexity index is 591. The van der Waals surface area contributed by atoms with E-state index in [4.69, 9.17) is 4.11 Å². The largest absolute Gasteiger partial charge is 0.294 e. The molecule has 104 valence electrons. The van der Waals surface area contributed by atoms with Gasteiger partial charge < -0.3 is 0 Å².